The third-order valence-corrected chi connectivity index (χ3v) is 4.47. The maximum atomic E-state index is 13.1. The van der Waals surface area contributed by atoms with Gasteiger partial charge in [-0.05, 0) is 24.3 Å². The minimum Gasteiger partial charge on any atom is -0.423 e. The molecule has 0 unspecified atom stereocenters. The number of nitrogens with zero attached hydrogens (tertiary/aromatic N) is 4. The standard InChI is InChI=1S/C19H20N4O3/c1-12(2)17-21-22-18(26-17)16-11-25-9-8-23(16)19(24)14-5-6-15-13(10-14)4-3-7-20-15/h3-7,10,12,16H,8-9,11H2,1-2H3/t16-/m1/s1. The first kappa shape index (κ1) is 16.7. The van der Waals surface area contributed by atoms with Gasteiger partial charge in [-0.2, -0.15) is 0 Å². The normalized spacial score (nSPS) is 17.8. The average molecular weight is 352 g/mol. The molecule has 0 N–H and O–H groups in total. The number of ether oxygens (including phenoxy) is 1. The van der Waals surface area contributed by atoms with Crippen LogP contribution in [0.4, 0.5) is 0 Å². The van der Waals surface area contributed by atoms with Gasteiger partial charge in [0.15, 0.2) is 0 Å². The molecule has 0 bridgehead atoms. The summed E-state index contributed by atoms with van der Waals surface area (Å²) >= 11 is 0. The third-order valence-electron chi connectivity index (χ3n) is 4.47. The van der Waals surface area contributed by atoms with E-state index in [2.05, 4.69) is 15.2 Å². The highest BCUT2D eigenvalue weighted by Crippen LogP contribution is 2.27. The van der Waals surface area contributed by atoms with E-state index in [4.69, 9.17) is 9.15 Å². The molecule has 7 nitrogen and oxygen atoms in total. The van der Waals surface area contributed by atoms with Crippen LogP contribution < -0.4 is 0 Å². The van der Waals surface area contributed by atoms with Crippen LogP contribution in [-0.4, -0.2) is 45.7 Å². The highest BCUT2D eigenvalue weighted by molar-refractivity contribution is 5.98. The Morgan fingerprint density at radius 1 is 1.27 bits per heavy atom. The number of amides is 1. The Labute approximate surface area is 151 Å². The van der Waals surface area contributed by atoms with Gasteiger partial charge in [0.05, 0.1) is 18.7 Å². The van der Waals surface area contributed by atoms with Crippen molar-refractivity contribution in [1.82, 2.24) is 20.1 Å². The predicted molar refractivity (Wildman–Crippen MR) is 94.7 cm³/mol. The number of morpholine rings is 1. The lowest BCUT2D eigenvalue weighted by molar-refractivity contribution is -0.0107. The zero-order valence-corrected chi connectivity index (χ0v) is 14.8. The van der Waals surface area contributed by atoms with Gasteiger partial charge in [-0.1, -0.05) is 19.9 Å². The molecule has 1 amide bonds. The molecular formula is C19H20N4O3. The average Bonchev–Trinajstić information content (AvgIpc) is 3.17. The molecule has 134 valence electrons. The van der Waals surface area contributed by atoms with Crippen LogP contribution in [0.5, 0.6) is 0 Å². The summed E-state index contributed by atoms with van der Waals surface area (Å²) in [5.74, 6) is 1.05. The molecule has 0 radical (unpaired) electrons. The molecule has 7 heteroatoms. The first-order valence-electron chi connectivity index (χ1n) is 8.70. The van der Waals surface area contributed by atoms with Gasteiger partial charge < -0.3 is 14.1 Å². The summed E-state index contributed by atoms with van der Waals surface area (Å²) in [6, 6.07) is 8.97. The molecule has 1 aromatic carbocycles. The van der Waals surface area contributed by atoms with Crippen LogP contribution in [0.1, 0.15) is 47.9 Å². The number of hydrogen-bond donors (Lipinski definition) is 0. The Morgan fingerprint density at radius 3 is 2.96 bits per heavy atom. The first-order valence-corrected chi connectivity index (χ1v) is 8.70. The summed E-state index contributed by atoms with van der Waals surface area (Å²) in [7, 11) is 0. The van der Waals surface area contributed by atoms with Gasteiger partial charge in [0, 0.05) is 29.6 Å². The quantitative estimate of drug-likeness (QED) is 0.721. The van der Waals surface area contributed by atoms with Crippen molar-refractivity contribution < 1.29 is 13.9 Å². The smallest absolute Gasteiger partial charge is 0.254 e. The summed E-state index contributed by atoms with van der Waals surface area (Å²) in [4.78, 5) is 19.2. The summed E-state index contributed by atoms with van der Waals surface area (Å²) in [6.07, 6.45) is 1.74. The number of aromatic nitrogens is 3. The van der Waals surface area contributed by atoms with E-state index in [0.29, 0.717) is 37.1 Å². The molecule has 1 saturated heterocycles. The van der Waals surface area contributed by atoms with Gasteiger partial charge in [0.2, 0.25) is 11.8 Å². The van der Waals surface area contributed by atoms with Crippen LogP contribution in [0.15, 0.2) is 40.9 Å². The largest absolute Gasteiger partial charge is 0.423 e. The topological polar surface area (TPSA) is 81.4 Å². The Hall–Kier alpha value is -2.80. The fourth-order valence-electron chi connectivity index (χ4n) is 3.04. The van der Waals surface area contributed by atoms with E-state index in [1.807, 2.05) is 38.1 Å². The number of benzene rings is 1. The van der Waals surface area contributed by atoms with E-state index in [-0.39, 0.29) is 17.9 Å². The molecule has 3 heterocycles. The van der Waals surface area contributed by atoms with Crippen molar-refractivity contribution >= 4 is 16.8 Å². The van der Waals surface area contributed by atoms with Crippen LogP contribution in [0.25, 0.3) is 10.9 Å². The monoisotopic (exact) mass is 352 g/mol. The Balaban J connectivity index is 1.64. The molecule has 0 spiro atoms. The number of pyridine rings is 1. The second-order valence-corrected chi connectivity index (χ2v) is 6.63. The lowest BCUT2D eigenvalue weighted by Crippen LogP contribution is -2.43. The fraction of sp³-hybridized carbons (Fsp3) is 0.368. The molecule has 1 aliphatic rings. The van der Waals surface area contributed by atoms with E-state index >= 15 is 0 Å². The summed E-state index contributed by atoms with van der Waals surface area (Å²) in [5.41, 5.74) is 1.47. The zero-order chi connectivity index (χ0) is 18.1. The third kappa shape index (κ3) is 3.06. The molecule has 4 rings (SSSR count). The van der Waals surface area contributed by atoms with E-state index in [0.717, 1.165) is 10.9 Å². The van der Waals surface area contributed by atoms with E-state index in [1.165, 1.54) is 0 Å². The minimum atomic E-state index is -0.374. The Morgan fingerprint density at radius 2 is 2.15 bits per heavy atom. The van der Waals surface area contributed by atoms with E-state index in [9.17, 15) is 4.79 Å². The van der Waals surface area contributed by atoms with Crippen molar-refractivity contribution in [2.75, 3.05) is 19.8 Å². The fourth-order valence-corrected chi connectivity index (χ4v) is 3.04. The van der Waals surface area contributed by atoms with Gasteiger partial charge in [0.1, 0.15) is 6.04 Å². The lowest BCUT2D eigenvalue weighted by Gasteiger charge is -2.33. The molecule has 3 aromatic rings. The molecule has 0 saturated carbocycles. The second kappa shape index (κ2) is 6.84. The molecule has 1 atom stereocenters. The lowest BCUT2D eigenvalue weighted by atomic mass is 10.1. The second-order valence-electron chi connectivity index (χ2n) is 6.63. The van der Waals surface area contributed by atoms with Crippen molar-refractivity contribution in [2.24, 2.45) is 0 Å². The molecule has 0 aliphatic carbocycles. The summed E-state index contributed by atoms with van der Waals surface area (Å²) < 4.78 is 11.3. The highest BCUT2D eigenvalue weighted by atomic mass is 16.5. The maximum Gasteiger partial charge on any atom is 0.254 e. The SMILES string of the molecule is CC(C)c1nnc([C@H]2COCCN2C(=O)c2ccc3ncccc3c2)o1. The van der Waals surface area contributed by atoms with Gasteiger partial charge in [-0.25, -0.2) is 0 Å². The molecular weight excluding hydrogens is 332 g/mol. The minimum absolute atomic E-state index is 0.0756. The van der Waals surface area contributed by atoms with Crippen LogP contribution in [-0.2, 0) is 4.74 Å². The molecule has 2 aromatic heterocycles. The number of carbonyl (C=O) groups excluding carboxylic acids is 1. The molecule has 1 fully saturated rings. The van der Waals surface area contributed by atoms with Crippen LogP contribution in [0.2, 0.25) is 0 Å². The summed E-state index contributed by atoms with van der Waals surface area (Å²) in [5, 5.41) is 9.15. The Kier molecular flexibility index (Phi) is 4.38. The number of fused-ring (bicyclic) bond motifs is 1. The predicted octanol–water partition coefficient (Wildman–Crippen LogP) is 2.95. The van der Waals surface area contributed by atoms with Crippen molar-refractivity contribution in [2.45, 2.75) is 25.8 Å². The van der Waals surface area contributed by atoms with Crippen molar-refractivity contribution in [3.05, 3.63) is 53.9 Å². The molecule has 26 heavy (non-hydrogen) atoms. The van der Waals surface area contributed by atoms with Crippen LogP contribution in [0, 0.1) is 0 Å². The maximum absolute atomic E-state index is 13.1. The zero-order valence-electron chi connectivity index (χ0n) is 14.8. The highest BCUT2D eigenvalue weighted by Gasteiger charge is 2.33. The van der Waals surface area contributed by atoms with Crippen molar-refractivity contribution in [3.63, 3.8) is 0 Å². The van der Waals surface area contributed by atoms with Gasteiger partial charge in [0.25, 0.3) is 5.91 Å². The van der Waals surface area contributed by atoms with Crippen LogP contribution >= 0.6 is 0 Å². The van der Waals surface area contributed by atoms with E-state index < -0.39 is 0 Å². The molecule has 1 aliphatic heterocycles. The number of rotatable bonds is 3. The number of hydrogen-bond acceptors (Lipinski definition) is 6. The van der Waals surface area contributed by atoms with Crippen LogP contribution in [0.3, 0.4) is 0 Å². The van der Waals surface area contributed by atoms with E-state index in [1.54, 1.807) is 17.2 Å². The van der Waals surface area contributed by atoms with Gasteiger partial charge >= 0.3 is 0 Å². The Bertz CT molecular complexity index is 937. The first-order chi connectivity index (χ1) is 12.6. The number of carbonyl (C=O) groups is 1. The van der Waals surface area contributed by atoms with Gasteiger partial charge in [-0.3, -0.25) is 9.78 Å². The summed E-state index contributed by atoms with van der Waals surface area (Å²) in [6.45, 7) is 5.29. The van der Waals surface area contributed by atoms with Gasteiger partial charge in [-0.15, -0.1) is 10.2 Å². The van der Waals surface area contributed by atoms with Crippen molar-refractivity contribution in [1.29, 1.82) is 0 Å². The van der Waals surface area contributed by atoms with Crippen molar-refractivity contribution in [3.8, 4) is 0 Å².